The summed E-state index contributed by atoms with van der Waals surface area (Å²) >= 11 is 0. The molecule has 0 radical (unpaired) electrons. The molecule has 3 fully saturated rings. The van der Waals surface area contributed by atoms with E-state index in [-0.39, 0.29) is 23.8 Å². The van der Waals surface area contributed by atoms with Crippen molar-refractivity contribution >= 4 is 17.8 Å². The normalized spacial score (nSPS) is 23.5. The van der Waals surface area contributed by atoms with Crippen LogP contribution in [-0.2, 0) is 30.5 Å². The Bertz CT molecular complexity index is 962. The van der Waals surface area contributed by atoms with Gasteiger partial charge in [0, 0.05) is 43.8 Å². The van der Waals surface area contributed by atoms with E-state index < -0.39 is 24.3 Å². The number of carbonyl (C=O) groups excluding carboxylic acids is 1. The fraction of sp³-hybridized carbons (Fsp3) is 0.652. The molecule has 3 atom stereocenters. The molecule has 0 unspecified atom stereocenters. The molecule has 4 rings (SSSR count). The van der Waals surface area contributed by atoms with Crippen molar-refractivity contribution < 1.29 is 60.5 Å². The summed E-state index contributed by atoms with van der Waals surface area (Å²) in [6.45, 7) is 6.83. The molecule has 0 aromatic carbocycles. The number of carboxylic acids is 2. The highest BCUT2D eigenvalue weighted by atomic mass is 19.4. The summed E-state index contributed by atoms with van der Waals surface area (Å²) in [7, 11) is 0. The van der Waals surface area contributed by atoms with Crippen molar-refractivity contribution in [3.63, 3.8) is 0 Å². The number of ether oxygens (including phenoxy) is 1. The Morgan fingerprint density at radius 2 is 1.62 bits per heavy atom. The zero-order valence-corrected chi connectivity index (χ0v) is 20.9. The van der Waals surface area contributed by atoms with Crippen LogP contribution in [0.4, 0.5) is 26.3 Å². The van der Waals surface area contributed by atoms with Gasteiger partial charge >= 0.3 is 24.3 Å². The van der Waals surface area contributed by atoms with Crippen LogP contribution in [0.1, 0.15) is 30.7 Å². The van der Waals surface area contributed by atoms with Crippen molar-refractivity contribution in [3.8, 4) is 0 Å². The van der Waals surface area contributed by atoms with Crippen molar-refractivity contribution in [1.29, 1.82) is 0 Å². The van der Waals surface area contributed by atoms with Crippen molar-refractivity contribution in [2.75, 3.05) is 32.8 Å². The molecule has 4 heterocycles. The Kier molecular flexibility index (Phi) is 11.5. The first-order valence-electron chi connectivity index (χ1n) is 11.9. The van der Waals surface area contributed by atoms with Gasteiger partial charge in [0.25, 0.3) is 0 Å². The molecule has 39 heavy (non-hydrogen) atoms. The number of carboxylic acid groups (broad SMARTS) is 2. The smallest absolute Gasteiger partial charge is 0.475 e. The molecule has 10 nitrogen and oxygen atoms in total. The number of halogens is 6. The van der Waals surface area contributed by atoms with E-state index in [1.807, 2.05) is 13.0 Å². The molecule has 0 spiro atoms. The Hall–Kier alpha value is -2.98. The van der Waals surface area contributed by atoms with E-state index in [1.165, 1.54) is 0 Å². The third-order valence-corrected chi connectivity index (χ3v) is 6.09. The summed E-state index contributed by atoms with van der Waals surface area (Å²) in [5.41, 5.74) is 2.15. The Balaban J connectivity index is 0.000000317. The van der Waals surface area contributed by atoms with Crippen LogP contribution in [0.2, 0.25) is 0 Å². The number of fused-ring (bicyclic) bond motifs is 1. The van der Waals surface area contributed by atoms with E-state index in [4.69, 9.17) is 29.4 Å². The maximum atomic E-state index is 12.9. The van der Waals surface area contributed by atoms with Gasteiger partial charge in [-0.3, -0.25) is 19.5 Å². The standard InChI is InChI=1S/C19H27N3O3.2C2HF3O2/c1-14-4-2-5-15(20-14)12-21-9-6-18-17(13-21)16(7-11-24-18)19(23)22-8-3-10-25-22;2*3-2(4,5)1(6)7/h2,4-5,16-18H,3,6-13H2,1H3;2*(H,6,7)/t16-,17-,18-;;/m1../s1. The maximum Gasteiger partial charge on any atom is 0.490 e. The molecular weight excluding hydrogens is 544 g/mol. The number of hydroxylamine groups is 2. The van der Waals surface area contributed by atoms with Gasteiger partial charge in [-0.1, -0.05) is 6.07 Å². The topological polar surface area (TPSA) is 130 Å². The van der Waals surface area contributed by atoms with Crippen molar-refractivity contribution in [1.82, 2.24) is 14.9 Å². The van der Waals surface area contributed by atoms with Crippen molar-refractivity contribution in [3.05, 3.63) is 29.6 Å². The molecule has 3 aliphatic heterocycles. The van der Waals surface area contributed by atoms with Crippen LogP contribution in [0, 0.1) is 18.8 Å². The molecule has 0 bridgehead atoms. The molecule has 16 heteroatoms. The van der Waals surface area contributed by atoms with Gasteiger partial charge in [-0.05, 0) is 38.3 Å². The SMILES string of the molecule is Cc1cccc(CN2CC[C@H]3OCC[C@@H](C(=O)N4CCCO4)[C@H]3C2)n1.O=C(O)C(F)(F)F.O=C(O)C(F)(F)F. The number of likely N-dealkylation sites (tertiary alicyclic amines) is 1. The summed E-state index contributed by atoms with van der Waals surface area (Å²) in [5.74, 6) is -5.08. The second-order valence-electron chi connectivity index (χ2n) is 9.00. The monoisotopic (exact) mass is 573 g/mol. The number of pyridine rings is 1. The summed E-state index contributed by atoms with van der Waals surface area (Å²) < 4.78 is 69.5. The first kappa shape index (κ1) is 32.2. The minimum Gasteiger partial charge on any atom is -0.475 e. The molecule has 3 aliphatic rings. The Morgan fingerprint density at radius 1 is 1.00 bits per heavy atom. The minimum absolute atomic E-state index is 0.0186. The molecule has 3 saturated heterocycles. The van der Waals surface area contributed by atoms with Crippen LogP contribution in [-0.4, -0.2) is 94.3 Å². The van der Waals surface area contributed by atoms with Gasteiger partial charge in [0.15, 0.2) is 0 Å². The van der Waals surface area contributed by atoms with Crippen LogP contribution >= 0.6 is 0 Å². The Labute approximate surface area is 219 Å². The van der Waals surface area contributed by atoms with Crippen LogP contribution in [0.5, 0.6) is 0 Å². The average molecular weight is 573 g/mol. The third-order valence-electron chi connectivity index (χ3n) is 6.09. The average Bonchev–Trinajstić information content (AvgIpc) is 3.38. The summed E-state index contributed by atoms with van der Waals surface area (Å²) in [5, 5.41) is 15.8. The summed E-state index contributed by atoms with van der Waals surface area (Å²) in [6, 6.07) is 6.16. The predicted octanol–water partition coefficient (Wildman–Crippen LogP) is 3.05. The van der Waals surface area contributed by atoms with Gasteiger partial charge in [0.05, 0.1) is 24.9 Å². The number of aromatic nitrogens is 1. The quantitative estimate of drug-likeness (QED) is 0.524. The molecule has 220 valence electrons. The van der Waals surface area contributed by atoms with Crippen molar-refractivity contribution in [2.24, 2.45) is 11.8 Å². The lowest BCUT2D eigenvalue weighted by molar-refractivity contribution is -0.193. The first-order valence-corrected chi connectivity index (χ1v) is 11.9. The lowest BCUT2D eigenvalue weighted by atomic mass is 9.79. The lowest BCUT2D eigenvalue weighted by Gasteiger charge is -2.45. The highest BCUT2D eigenvalue weighted by Crippen LogP contribution is 2.35. The van der Waals surface area contributed by atoms with E-state index in [1.54, 1.807) is 5.06 Å². The van der Waals surface area contributed by atoms with Gasteiger partial charge < -0.3 is 14.9 Å². The number of nitrogens with zero attached hydrogens (tertiary/aromatic N) is 3. The number of piperidine rings is 1. The number of rotatable bonds is 3. The maximum absolute atomic E-state index is 12.9. The van der Waals surface area contributed by atoms with E-state index >= 15 is 0 Å². The second kappa shape index (κ2) is 13.9. The number of carbonyl (C=O) groups is 3. The van der Waals surface area contributed by atoms with E-state index in [0.29, 0.717) is 13.2 Å². The molecular formula is C23H29F6N3O7. The molecule has 1 aromatic heterocycles. The minimum atomic E-state index is -5.08. The lowest BCUT2D eigenvalue weighted by Crippen LogP contribution is -2.53. The highest BCUT2D eigenvalue weighted by molar-refractivity contribution is 5.78. The van der Waals surface area contributed by atoms with Gasteiger partial charge in [0.2, 0.25) is 5.91 Å². The van der Waals surface area contributed by atoms with E-state index in [9.17, 15) is 31.1 Å². The fourth-order valence-electron chi connectivity index (χ4n) is 4.36. The fourth-order valence-corrected chi connectivity index (χ4v) is 4.36. The van der Waals surface area contributed by atoms with Crippen LogP contribution in [0.25, 0.3) is 0 Å². The summed E-state index contributed by atoms with van der Waals surface area (Å²) in [6.07, 6.45) is -7.24. The Morgan fingerprint density at radius 3 is 2.13 bits per heavy atom. The summed E-state index contributed by atoms with van der Waals surface area (Å²) in [4.78, 5) is 43.2. The molecule has 0 saturated carbocycles. The zero-order chi connectivity index (χ0) is 29.4. The largest absolute Gasteiger partial charge is 0.490 e. The number of aryl methyl sites for hydroxylation is 1. The number of alkyl halides is 6. The number of amides is 1. The van der Waals surface area contributed by atoms with Gasteiger partial charge in [-0.2, -0.15) is 26.3 Å². The van der Waals surface area contributed by atoms with Crippen LogP contribution in [0.15, 0.2) is 18.2 Å². The first-order chi connectivity index (χ1) is 18.1. The van der Waals surface area contributed by atoms with Crippen LogP contribution in [0.3, 0.4) is 0 Å². The zero-order valence-electron chi connectivity index (χ0n) is 20.9. The van der Waals surface area contributed by atoms with Crippen LogP contribution < -0.4 is 0 Å². The highest BCUT2D eigenvalue weighted by Gasteiger charge is 2.44. The van der Waals surface area contributed by atoms with Gasteiger partial charge in [-0.15, -0.1) is 0 Å². The third kappa shape index (κ3) is 10.3. The number of hydrogen-bond acceptors (Lipinski definition) is 7. The van der Waals surface area contributed by atoms with Gasteiger partial charge in [0.1, 0.15) is 0 Å². The van der Waals surface area contributed by atoms with E-state index in [2.05, 4.69) is 22.0 Å². The van der Waals surface area contributed by atoms with Gasteiger partial charge in [-0.25, -0.2) is 14.7 Å². The second-order valence-corrected chi connectivity index (χ2v) is 9.00. The number of hydrogen-bond donors (Lipinski definition) is 2. The molecule has 0 aliphatic carbocycles. The van der Waals surface area contributed by atoms with Crippen molar-refractivity contribution in [2.45, 2.75) is 51.2 Å². The molecule has 1 amide bonds. The molecule has 2 N–H and O–H groups in total. The van der Waals surface area contributed by atoms with E-state index in [0.717, 1.165) is 56.8 Å². The number of aliphatic carboxylic acids is 2. The predicted molar refractivity (Wildman–Crippen MR) is 120 cm³/mol. The molecule has 1 aromatic rings.